The molecule has 4 rings (SSSR count). The van der Waals surface area contributed by atoms with Crippen molar-refractivity contribution in [3.8, 4) is 0 Å². The molecule has 4 aliphatic carbocycles. The van der Waals surface area contributed by atoms with Crippen LogP contribution in [0.5, 0.6) is 0 Å². The number of carboxylic acid groups (broad SMARTS) is 1. The molecule has 0 aromatic carbocycles. The molecule has 4 N–H and O–H groups in total. The molecule has 0 aromatic rings. The Morgan fingerprint density at radius 3 is 2.30 bits per heavy atom. The molecule has 190 valence electrons. The Bertz CT molecular complexity index is 738. The van der Waals surface area contributed by atoms with Gasteiger partial charge >= 0.3 is 5.97 Å². The van der Waals surface area contributed by atoms with Crippen LogP contribution >= 0.6 is 0 Å². The molecule has 0 spiro atoms. The highest BCUT2D eigenvalue weighted by Gasteiger charge is 2.71. The summed E-state index contributed by atoms with van der Waals surface area (Å²) in [5.41, 5.74) is -1.83. The zero-order valence-electron chi connectivity index (χ0n) is 21.5. The van der Waals surface area contributed by atoms with Gasteiger partial charge in [0.25, 0.3) is 0 Å². The van der Waals surface area contributed by atoms with E-state index in [2.05, 4.69) is 34.6 Å². The predicted molar refractivity (Wildman–Crippen MR) is 128 cm³/mol. The standard InChI is InChI=1S/C28H48O5/c1-16(2)7-6-8-17(3)19-9-10-20-24-21(13-23(31)27(19,20)5)26(4)12-11-18(29)14-28(26,25(32)33)15-22(24)30/h16-24,29-31H,6-15H2,1-5H3,(H,32,33)/t17-,18?,19-,20+,21+,22?,23?,24+,26-,27-,28?/m1/s1. The topological polar surface area (TPSA) is 98.0 Å². The van der Waals surface area contributed by atoms with Gasteiger partial charge in [0.15, 0.2) is 0 Å². The minimum Gasteiger partial charge on any atom is -0.481 e. The van der Waals surface area contributed by atoms with Crippen LogP contribution in [0.1, 0.15) is 98.8 Å². The largest absolute Gasteiger partial charge is 0.481 e. The van der Waals surface area contributed by atoms with E-state index >= 15 is 0 Å². The molecule has 4 saturated carbocycles. The molecule has 0 bridgehead atoms. The molecule has 0 saturated heterocycles. The molecule has 0 aromatic heterocycles. The van der Waals surface area contributed by atoms with Crippen molar-refractivity contribution in [2.75, 3.05) is 0 Å². The Hall–Kier alpha value is -0.650. The zero-order valence-corrected chi connectivity index (χ0v) is 21.5. The average molecular weight is 465 g/mol. The number of aliphatic carboxylic acids is 1. The molecule has 0 amide bonds. The average Bonchev–Trinajstić information content (AvgIpc) is 3.08. The van der Waals surface area contributed by atoms with Crippen molar-refractivity contribution in [1.82, 2.24) is 0 Å². The van der Waals surface area contributed by atoms with Crippen molar-refractivity contribution in [2.24, 2.45) is 51.8 Å². The van der Waals surface area contributed by atoms with Gasteiger partial charge in [-0.15, -0.1) is 0 Å². The first-order valence-corrected chi connectivity index (χ1v) is 13.7. The zero-order chi connectivity index (χ0) is 24.3. The highest BCUT2D eigenvalue weighted by Crippen LogP contribution is 2.71. The Balaban J connectivity index is 1.63. The van der Waals surface area contributed by atoms with Crippen LogP contribution in [0, 0.1) is 51.8 Å². The molecule has 0 aliphatic heterocycles. The minimum absolute atomic E-state index is 0.0204. The summed E-state index contributed by atoms with van der Waals surface area (Å²) in [6, 6.07) is 0. The third-order valence-electron chi connectivity index (χ3n) is 11.5. The molecule has 5 nitrogen and oxygen atoms in total. The summed E-state index contributed by atoms with van der Waals surface area (Å²) in [7, 11) is 0. The maximum Gasteiger partial charge on any atom is 0.310 e. The van der Waals surface area contributed by atoms with Gasteiger partial charge in [-0.1, -0.05) is 53.9 Å². The van der Waals surface area contributed by atoms with Crippen LogP contribution in [0.3, 0.4) is 0 Å². The number of hydrogen-bond acceptors (Lipinski definition) is 4. The van der Waals surface area contributed by atoms with Gasteiger partial charge in [0.1, 0.15) is 0 Å². The van der Waals surface area contributed by atoms with E-state index in [1.54, 1.807) is 0 Å². The Morgan fingerprint density at radius 1 is 0.970 bits per heavy atom. The number of carboxylic acids is 1. The first-order chi connectivity index (χ1) is 15.4. The van der Waals surface area contributed by atoms with E-state index in [-0.39, 0.29) is 36.0 Å². The first kappa shape index (κ1) is 25.4. The van der Waals surface area contributed by atoms with Crippen LogP contribution in [0.15, 0.2) is 0 Å². The first-order valence-electron chi connectivity index (χ1n) is 13.7. The van der Waals surface area contributed by atoms with Crippen LogP contribution in [0.4, 0.5) is 0 Å². The Morgan fingerprint density at radius 2 is 1.67 bits per heavy atom. The van der Waals surface area contributed by atoms with E-state index in [0.717, 1.165) is 12.8 Å². The van der Waals surface area contributed by atoms with E-state index < -0.39 is 35.1 Å². The van der Waals surface area contributed by atoms with E-state index in [1.165, 1.54) is 19.3 Å². The van der Waals surface area contributed by atoms with E-state index in [4.69, 9.17) is 0 Å². The summed E-state index contributed by atoms with van der Waals surface area (Å²) in [5, 5.41) is 44.0. The molecular weight excluding hydrogens is 416 g/mol. The van der Waals surface area contributed by atoms with E-state index in [1.807, 2.05) is 0 Å². The van der Waals surface area contributed by atoms with Gasteiger partial charge in [-0.05, 0) is 91.3 Å². The monoisotopic (exact) mass is 464 g/mol. The van der Waals surface area contributed by atoms with E-state index in [0.29, 0.717) is 37.0 Å². The summed E-state index contributed by atoms with van der Waals surface area (Å²) in [6.07, 6.45) is 6.27. The second-order valence-corrected chi connectivity index (χ2v) is 13.4. The van der Waals surface area contributed by atoms with Crippen molar-refractivity contribution in [3.63, 3.8) is 0 Å². The third-order valence-corrected chi connectivity index (χ3v) is 11.5. The van der Waals surface area contributed by atoms with Crippen molar-refractivity contribution in [1.29, 1.82) is 0 Å². The number of rotatable bonds is 6. The number of hydrogen-bond donors (Lipinski definition) is 4. The van der Waals surface area contributed by atoms with E-state index in [9.17, 15) is 25.2 Å². The number of aliphatic hydroxyl groups is 3. The normalized spacial score (nSPS) is 50.4. The quantitative estimate of drug-likeness (QED) is 0.450. The van der Waals surface area contributed by atoms with Gasteiger partial charge in [0, 0.05) is 0 Å². The third kappa shape index (κ3) is 3.71. The lowest BCUT2D eigenvalue weighted by molar-refractivity contribution is -0.242. The van der Waals surface area contributed by atoms with Crippen LogP contribution in [0.2, 0.25) is 0 Å². The van der Waals surface area contributed by atoms with Crippen LogP contribution < -0.4 is 0 Å². The predicted octanol–water partition coefficient (Wildman–Crippen LogP) is 4.87. The fourth-order valence-corrected chi connectivity index (χ4v) is 9.67. The fourth-order valence-electron chi connectivity index (χ4n) is 9.67. The molecule has 0 radical (unpaired) electrons. The van der Waals surface area contributed by atoms with Crippen LogP contribution in [-0.4, -0.2) is 44.7 Å². The van der Waals surface area contributed by atoms with Crippen LogP contribution in [0.25, 0.3) is 0 Å². The number of aliphatic hydroxyl groups excluding tert-OH is 3. The van der Waals surface area contributed by atoms with Gasteiger partial charge in [-0.25, -0.2) is 0 Å². The van der Waals surface area contributed by atoms with Crippen molar-refractivity contribution in [2.45, 2.75) is 117 Å². The SMILES string of the molecule is CC(C)CCC[C@@H](C)[C@H]1CC[C@H]2[C@@H]3C(O)CC4(C(=O)O)CC(O)CC[C@]4(C)[C@H]3CC(O)[C@]12C. The van der Waals surface area contributed by atoms with Gasteiger partial charge in [-0.3, -0.25) is 4.79 Å². The lowest BCUT2D eigenvalue weighted by Crippen LogP contribution is -2.67. The van der Waals surface area contributed by atoms with Gasteiger partial charge in [-0.2, -0.15) is 0 Å². The fraction of sp³-hybridized carbons (Fsp3) is 0.964. The lowest BCUT2D eigenvalue weighted by atomic mass is 9.38. The highest BCUT2D eigenvalue weighted by atomic mass is 16.4. The summed E-state index contributed by atoms with van der Waals surface area (Å²) in [5.74, 6) is 1.08. The summed E-state index contributed by atoms with van der Waals surface area (Å²) in [4.78, 5) is 12.7. The van der Waals surface area contributed by atoms with Crippen LogP contribution in [-0.2, 0) is 4.79 Å². The second kappa shape index (κ2) is 8.78. The number of carbonyl (C=O) groups is 1. The second-order valence-electron chi connectivity index (χ2n) is 13.4. The molecule has 5 heteroatoms. The summed E-state index contributed by atoms with van der Waals surface area (Å²) < 4.78 is 0. The molecule has 0 heterocycles. The smallest absolute Gasteiger partial charge is 0.310 e. The molecule has 4 fully saturated rings. The summed E-state index contributed by atoms with van der Waals surface area (Å²) >= 11 is 0. The van der Waals surface area contributed by atoms with Gasteiger partial charge < -0.3 is 20.4 Å². The summed E-state index contributed by atoms with van der Waals surface area (Å²) in [6.45, 7) is 11.3. The highest BCUT2D eigenvalue weighted by molar-refractivity contribution is 5.76. The Kier molecular flexibility index (Phi) is 6.77. The van der Waals surface area contributed by atoms with Crippen molar-refractivity contribution < 1.29 is 25.2 Å². The molecule has 4 aliphatic rings. The van der Waals surface area contributed by atoms with Gasteiger partial charge in [0.05, 0.1) is 23.7 Å². The number of fused-ring (bicyclic) bond motifs is 5. The van der Waals surface area contributed by atoms with Gasteiger partial charge in [0.2, 0.25) is 0 Å². The lowest BCUT2D eigenvalue weighted by Gasteiger charge is -2.66. The molecule has 4 unspecified atom stereocenters. The molecular formula is C28H48O5. The van der Waals surface area contributed by atoms with Crippen molar-refractivity contribution >= 4 is 5.97 Å². The van der Waals surface area contributed by atoms with Crippen molar-refractivity contribution in [3.05, 3.63) is 0 Å². The maximum atomic E-state index is 12.7. The molecule has 33 heavy (non-hydrogen) atoms. The Labute approximate surface area is 200 Å². The maximum absolute atomic E-state index is 12.7. The minimum atomic E-state index is -1.11. The molecule has 11 atom stereocenters.